The van der Waals surface area contributed by atoms with Crippen LogP contribution in [0.15, 0.2) is 53.9 Å². The largest absolute Gasteiger partial charge is 0.478 e. The molecule has 2 amide bonds. The van der Waals surface area contributed by atoms with Crippen molar-refractivity contribution in [3.8, 4) is 17.0 Å². The Balaban J connectivity index is 1.69. The first-order chi connectivity index (χ1) is 15.0. The Hall–Kier alpha value is -3.19. The first-order valence-electron chi connectivity index (χ1n) is 10.4. The number of carbonyl (C=O) groups is 2. The van der Waals surface area contributed by atoms with Crippen LogP contribution in [0.3, 0.4) is 0 Å². The fraction of sp³-hybridized carbons (Fsp3) is 0.292. The number of carbonyl (C=O) groups excluding carboxylic acids is 2. The summed E-state index contributed by atoms with van der Waals surface area (Å²) < 4.78 is 5.94. The van der Waals surface area contributed by atoms with Gasteiger partial charge in [-0.3, -0.25) is 14.5 Å². The van der Waals surface area contributed by atoms with Gasteiger partial charge in [0.05, 0.1) is 16.4 Å². The fourth-order valence-electron chi connectivity index (χ4n) is 3.73. The van der Waals surface area contributed by atoms with Crippen molar-refractivity contribution in [2.75, 3.05) is 22.9 Å². The summed E-state index contributed by atoms with van der Waals surface area (Å²) in [6.07, 6.45) is -0.0638. The van der Waals surface area contributed by atoms with Gasteiger partial charge >= 0.3 is 0 Å². The van der Waals surface area contributed by atoms with E-state index >= 15 is 0 Å². The van der Waals surface area contributed by atoms with E-state index in [0.717, 1.165) is 22.0 Å². The molecule has 0 spiro atoms. The summed E-state index contributed by atoms with van der Waals surface area (Å²) in [5, 5.41) is 2.96. The van der Waals surface area contributed by atoms with Gasteiger partial charge in [0, 0.05) is 23.2 Å². The number of nitrogens with zero attached hydrogens (tertiary/aromatic N) is 3. The van der Waals surface area contributed by atoms with Crippen molar-refractivity contribution >= 4 is 34.5 Å². The van der Waals surface area contributed by atoms with Crippen LogP contribution in [0.5, 0.6) is 5.75 Å². The van der Waals surface area contributed by atoms with Crippen LogP contribution in [-0.4, -0.2) is 36.0 Å². The van der Waals surface area contributed by atoms with E-state index in [4.69, 9.17) is 4.74 Å². The molecule has 0 bridgehead atoms. The molecule has 0 radical (unpaired) electrons. The van der Waals surface area contributed by atoms with Crippen LogP contribution < -0.4 is 14.5 Å². The molecular weight excluding hydrogens is 410 g/mol. The molecule has 1 aliphatic heterocycles. The molecule has 3 aromatic rings. The first-order valence-corrected chi connectivity index (χ1v) is 11.3. The summed E-state index contributed by atoms with van der Waals surface area (Å²) in [6, 6.07) is 15.2. The summed E-state index contributed by atoms with van der Waals surface area (Å²) in [6.45, 7) is 6.26. The van der Waals surface area contributed by atoms with Crippen molar-refractivity contribution < 1.29 is 14.3 Å². The molecule has 1 aliphatic rings. The fourth-order valence-corrected chi connectivity index (χ4v) is 4.35. The monoisotopic (exact) mass is 435 g/mol. The molecule has 1 aromatic heterocycles. The molecule has 1 atom stereocenters. The average molecular weight is 436 g/mol. The number of aryl methyl sites for hydroxylation is 1. The summed E-state index contributed by atoms with van der Waals surface area (Å²) in [7, 11) is 0. The van der Waals surface area contributed by atoms with Crippen LogP contribution >= 0.6 is 11.3 Å². The highest BCUT2D eigenvalue weighted by atomic mass is 32.1. The van der Waals surface area contributed by atoms with Crippen molar-refractivity contribution in [2.24, 2.45) is 0 Å². The Morgan fingerprint density at radius 1 is 1.19 bits per heavy atom. The molecule has 6 nitrogen and oxygen atoms in total. The smallest absolute Gasteiger partial charge is 0.268 e. The SMILES string of the molecule is CCC1Oc2ccc(-c3csc(C)n3)cc2N(CC(=O)N(CC)c2ccccc2)C1=O. The van der Waals surface area contributed by atoms with Gasteiger partial charge in [-0.1, -0.05) is 25.1 Å². The van der Waals surface area contributed by atoms with E-state index in [-0.39, 0.29) is 18.4 Å². The number of amides is 2. The van der Waals surface area contributed by atoms with Gasteiger partial charge in [0.1, 0.15) is 12.3 Å². The van der Waals surface area contributed by atoms with Gasteiger partial charge in [0.2, 0.25) is 5.91 Å². The lowest BCUT2D eigenvalue weighted by Gasteiger charge is -2.35. The second-order valence-electron chi connectivity index (χ2n) is 7.35. The lowest BCUT2D eigenvalue weighted by molar-refractivity contribution is -0.128. The molecule has 0 fully saturated rings. The number of likely N-dealkylation sites (N-methyl/N-ethyl adjacent to an activating group) is 1. The zero-order chi connectivity index (χ0) is 22.0. The third kappa shape index (κ3) is 4.18. The number of para-hydroxylation sites is 1. The Morgan fingerprint density at radius 2 is 1.97 bits per heavy atom. The summed E-state index contributed by atoms with van der Waals surface area (Å²) in [5.41, 5.74) is 3.16. The minimum atomic E-state index is -0.598. The molecular formula is C24H25N3O3S. The van der Waals surface area contributed by atoms with Crippen LogP contribution in [0.1, 0.15) is 25.3 Å². The van der Waals surface area contributed by atoms with Gasteiger partial charge in [-0.05, 0) is 50.6 Å². The number of fused-ring (bicyclic) bond motifs is 1. The van der Waals surface area contributed by atoms with Crippen LogP contribution in [0.4, 0.5) is 11.4 Å². The van der Waals surface area contributed by atoms with E-state index in [1.165, 1.54) is 0 Å². The predicted molar refractivity (Wildman–Crippen MR) is 124 cm³/mol. The highest BCUT2D eigenvalue weighted by Gasteiger charge is 2.35. The maximum Gasteiger partial charge on any atom is 0.268 e. The zero-order valence-electron chi connectivity index (χ0n) is 17.9. The maximum absolute atomic E-state index is 13.2. The summed E-state index contributed by atoms with van der Waals surface area (Å²) in [4.78, 5) is 34.2. The van der Waals surface area contributed by atoms with Crippen molar-refractivity contribution in [1.29, 1.82) is 0 Å². The molecule has 0 aliphatic carbocycles. The topological polar surface area (TPSA) is 62.7 Å². The molecule has 7 heteroatoms. The van der Waals surface area contributed by atoms with Crippen LogP contribution in [0, 0.1) is 6.92 Å². The van der Waals surface area contributed by atoms with Gasteiger partial charge in [0.15, 0.2) is 6.10 Å². The summed E-state index contributed by atoms with van der Waals surface area (Å²) >= 11 is 1.57. The molecule has 0 saturated heterocycles. The molecule has 160 valence electrons. The molecule has 2 heterocycles. The lowest BCUT2D eigenvalue weighted by Crippen LogP contribution is -2.50. The predicted octanol–water partition coefficient (Wildman–Crippen LogP) is 4.68. The van der Waals surface area contributed by atoms with Crippen LogP contribution in [-0.2, 0) is 9.59 Å². The van der Waals surface area contributed by atoms with Crippen molar-refractivity contribution in [3.63, 3.8) is 0 Å². The number of anilines is 2. The maximum atomic E-state index is 13.2. The van der Waals surface area contributed by atoms with E-state index in [2.05, 4.69) is 4.98 Å². The Kier molecular flexibility index (Phi) is 6.04. The number of benzene rings is 2. The van der Waals surface area contributed by atoms with Gasteiger partial charge in [0.25, 0.3) is 5.91 Å². The highest BCUT2D eigenvalue weighted by molar-refractivity contribution is 7.09. The van der Waals surface area contributed by atoms with Crippen molar-refractivity contribution in [3.05, 3.63) is 58.9 Å². The van der Waals surface area contributed by atoms with Crippen molar-refractivity contribution in [1.82, 2.24) is 4.98 Å². The number of hydrogen-bond acceptors (Lipinski definition) is 5. The number of hydrogen-bond donors (Lipinski definition) is 0. The van der Waals surface area contributed by atoms with E-state index in [1.807, 2.05) is 74.7 Å². The first kappa shape index (κ1) is 21.1. The number of rotatable bonds is 6. The Morgan fingerprint density at radius 3 is 2.61 bits per heavy atom. The van der Waals surface area contributed by atoms with Crippen LogP contribution in [0.2, 0.25) is 0 Å². The molecule has 31 heavy (non-hydrogen) atoms. The van der Waals surface area contributed by atoms with Gasteiger partial charge in [-0.15, -0.1) is 11.3 Å². The van der Waals surface area contributed by atoms with Gasteiger partial charge < -0.3 is 9.64 Å². The van der Waals surface area contributed by atoms with Gasteiger partial charge in [-0.25, -0.2) is 4.98 Å². The number of thiazole rings is 1. The normalized spacial score (nSPS) is 15.4. The van der Waals surface area contributed by atoms with Gasteiger partial charge in [-0.2, -0.15) is 0 Å². The molecule has 0 saturated carbocycles. The zero-order valence-corrected chi connectivity index (χ0v) is 18.7. The number of aromatic nitrogens is 1. The summed E-state index contributed by atoms with van der Waals surface area (Å²) in [5.74, 6) is 0.274. The molecule has 1 unspecified atom stereocenters. The Bertz CT molecular complexity index is 1100. The van der Waals surface area contributed by atoms with E-state index < -0.39 is 6.10 Å². The highest BCUT2D eigenvalue weighted by Crippen LogP contribution is 2.38. The number of ether oxygens (including phenoxy) is 1. The molecule has 2 aromatic carbocycles. The standard InChI is InChI=1S/C24H25N3O3S/c1-4-21-24(29)27(14-23(28)26(5-2)18-9-7-6-8-10-18)20-13-17(11-12-22(20)30-21)19-15-31-16(3)25-19/h6-13,15,21H,4-5,14H2,1-3H3. The van der Waals surface area contributed by atoms with E-state index in [1.54, 1.807) is 21.1 Å². The third-order valence-electron chi connectivity index (χ3n) is 5.32. The van der Waals surface area contributed by atoms with Crippen LogP contribution in [0.25, 0.3) is 11.3 Å². The van der Waals surface area contributed by atoms with E-state index in [9.17, 15) is 9.59 Å². The third-order valence-corrected chi connectivity index (χ3v) is 6.10. The minimum absolute atomic E-state index is 0.0476. The minimum Gasteiger partial charge on any atom is -0.478 e. The molecule has 4 rings (SSSR count). The Labute approximate surface area is 186 Å². The second-order valence-corrected chi connectivity index (χ2v) is 8.41. The van der Waals surface area contributed by atoms with E-state index in [0.29, 0.717) is 24.4 Å². The van der Waals surface area contributed by atoms with Crippen molar-refractivity contribution in [2.45, 2.75) is 33.3 Å². The average Bonchev–Trinajstić information content (AvgIpc) is 3.22. The second kappa shape index (κ2) is 8.89. The lowest BCUT2D eigenvalue weighted by atomic mass is 10.1. The molecule has 0 N–H and O–H groups in total. The quantitative estimate of drug-likeness (QED) is 0.564.